The maximum absolute atomic E-state index is 13.0. The molecular weight excluding hydrogens is 368 g/mol. The van der Waals surface area contributed by atoms with E-state index in [-0.39, 0.29) is 36.3 Å². The molecule has 7 heteroatoms. The van der Waals surface area contributed by atoms with Crippen molar-refractivity contribution in [3.8, 4) is 0 Å². The van der Waals surface area contributed by atoms with Crippen LogP contribution in [0.4, 0.5) is 10.5 Å². The summed E-state index contributed by atoms with van der Waals surface area (Å²) in [7, 11) is 0. The summed E-state index contributed by atoms with van der Waals surface area (Å²) >= 11 is 0. The van der Waals surface area contributed by atoms with Crippen LogP contribution in [0.25, 0.3) is 0 Å². The SMILES string of the molecule is CC(C)NC(=O)c1ccc(NC(=O)N2CCNC(=O)CC2c2ccccc2)cc1. The molecule has 1 heterocycles. The Balaban J connectivity index is 1.74. The van der Waals surface area contributed by atoms with Crippen LogP contribution in [0.3, 0.4) is 0 Å². The van der Waals surface area contributed by atoms with Crippen LogP contribution in [0.2, 0.25) is 0 Å². The van der Waals surface area contributed by atoms with Gasteiger partial charge in [-0.25, -0.2) is 4.79 Å². The molecule has 7 nitrogen and oxygen atoms in total. The number of amides is 4. The summed E-state index contributed by atoms with van der Waals surface area (Å²) in [4.78, 5) is 38.8. The highest BCUT2D eigenvalue weighted by molar-refractivity contribution is 5.95. The quantitative estimate of drug-likeness (QED) is 0.745. The molecule has 2 aromatic carbocycles. The van der Waals surface area contributed by atoms with Crippen molar-refractivity contribution in [3.05, 3.63) is 65.7 Å². The molecule has 0 bridgehead atoms. The molecule has 1 fully saturated rings. The fourth-order valence-electron chi connectivity index (χ4n) is 3.29. The number of rotatable bonds is 4. The topological polar surface area (TPSA) is 90.5 Å². The second-order valence-electron chi connectivity index (χ2n) is 7.31. The highest BCUT2D eigenvalue weighted by atomic mass is 16.2. The van der Waals surface area contributed by atoms with Gasteiger partial charge in [-0.05, 0) is 43.7 Å². The smallest absolute Gasteiger partial charge is 0.322 e. The number of nitrogens with one attached hydrogen (secondary N) is 3. The molecule has 1 aliphatic rings. The number of urea groups is 1. The fourth-order valence-corrected chi connectivity index (χ4v) is 3.29. The van der Waals surface area contributed by atoms with Crippen LogP contribution in [-0.2, 0) is 4.79 Å². The van der Waals surface area contributed by atoms with E-state index in [9.17, 15) is 14.4 Å². The monoisotopic (exact) mass is 394 g/mol. The van der Waals surface area contributed by atoms with E-state index in [4.69, 9.17) is 0 Å². The van der Waals surface area contributed by atoms with Crippen LogP contribution >= 0.6 is 0 Å². The van der Waals surface area contributed by atoms with Crippen molar-refractivity contribution in [2.45, 2.75) is 32.4 Å². The molecular formula is C22H26N4O3. The Morgan fingerprint density at radius 2 is 1.76 bits per heavy atom. The molecule has 1 unspecified atom stereocenters. The molecule has 0 radical (unpaired) electrons. The third-order valence-electron chi connectivity index (χ3n) is 4.69. The summed E-state index contributed by atoms with van der Waals surface area (Å²) in [6.45, 7) is 4.61. The van der Waals surface area contributed by atoms with Gasteiger partial charge in [-0.2, -0.15) is 0 Å². The van der Waals surface area contributed by atoms with E-state index in [1.54, 1.807) is 29.2 Å². The first-order valence-electron chi connectivity index (χ1n) is 9.74. The number of benzene rings is 2. The van der Waals surface area contributed by atoms with Crippen molar-refractivity contribution in [2.24, 2.45) is 0 Å². The molecule has 0 saturated carbocycles. The highest BCUT2D eigenvalue weighted by Crippen LogP contribution is 2.26. The van der Waals surface area contributed by atoms with Crippen molar-refractivity contribution in [2.75, 3.05) is 18.4 Å². The first kappa shape index (κ1) is 20.4. The molecule has 0 aromatic heterocycles. The Kier molecular flexibility index (Phi) is 6.49. The first-order valence-corrected chi connectivity index (χ1v) is 9.74. The molecule has 1 aliphatic heterocycles. The average Bonchev–Trinajstić information content (AvgIpc) is 2.90. The number of carbonyl (C=O) groups is 3. The zero-order valence-corrected chi connectivity index (χ0v) is 16.6. The normalized spacial score (nSPS) is 16.7. The second kappa shape index (κ2) is 9.23. The van der Waals surface area contributed by atoms with E-state index in [2.05, 4.69) is 16.0 Å². The van der Waals surface area contributed by atoms with Gasteiger partial charge in [0.15, 0.2) is 0 Å². The molecule has 1 saturated heterocycles. The van der Waals surface area contributed by atoms with Crippen molar-refractivity contribution in [1.29, 1.82) is 0 Å². The maximum Gasteiger partial charge on any atom is 0.322 e. The standard InChI is InChI=1S/C22H26N4O3/c1-15(2)24-21(28)17-8-10-18(11-9-17)25-22(29)26-13-12-23-20(27)14-19(26)16-6-4-3-5-7-16/h3-11,15,19H,12-14H2,1-2H3,(H,23,27)(H,24,28)(H,25,29). The zero-order chi connectivity index (χ0) is 20.8. The minimum absolute atomic E-state index is 0.0520. The van der Waals surface area contributed by atoms with E-state index in [0.29, 0.717) is 24.3 Å². The van der Waals surface area contributed by atoms with Gasteiger partial charge in [-0.15, -0.1) is 0 Å². The van der Waals surface area contributed by atoms with E-state index in [1.807, 2.05) is 44.2 Å². The van der Waals surface area contributed by atoms with Gasteiger partial charge in [-0.1, -0.05) is 30.3 Å². The van der Waals surface area contributed by atoms with Gasteiger partial charge < -0.3 is 20.9 Å². The fraction of sp³-hybridized carbons (Fsp3) is 0.318. The molecule has 3 N–H and O–H groups in total. The van der Waals surface area contributed by atoms with Gasteiger partial charge >= 0.3 is 6.03 Å². The van der Waals surface area contributed by atoms with E-state index < -0.39 is 0 Å². The lowest BCUT2D eigenvalue weighted by Crippen LogP contribution is -2.39. The summed E-state index contributed by atoms with van der Waals surface area (Å²) < 4.78 is 0. The molecule has 0 aliphatic carbocycles. The Labute approximate surface area is 170 Å². The van der Waals surface area contributed by atoms with Gasteiger partial charge in [0.1, 0.15) is 0 Å². The Hall–Kier alpha value is -3.35. The molecule has 29 heavy (non-hydrogen) atoms. The number of hydrogen-bond donors (Lipinski definition) is 3. The van der Waals surface area contributed by atoms with Gasteiger partial charge in [0.25, 0.3) is 5.91 Å². The van der Waals surface area contributed by atoms with Crippen LogP contribution in [0.15, 0.2) is 54.6 Å². The van der Waals surface area contributed by atoms with E-state index in [1.165, 1.54) is 0 Å². The summed E-state index contributed by atoms with van der Waals surface area (Å²) in [5.41, 5.74) is 2.04. The van der Waals surface area contributed by atoms with Crippen molar-refractivity contribution >= 4 is 23.5 Å². The molecule has 1 atom stereocenters. The van der Waals surface area contributed by atoms with Gasteiger partial charge in [-0.3, -0.25) is 9.59 Å². The van der Waals surface area contributed by atoms with Crippen molar-refractivity contribution in [1.82, 2.24) is 15.5 Å². The lowest BCUT2D eigenvalue weighted by Gasteiger charge is -2.29. The lowest BCUT2D eigenvalue weighted by molar-refractivity contribution is -0.121. The first-order chi connectivity index (χ1) is 13.9. The average molecular weight is 394 g/mol. The predicted molar refractivity (Wildman–Crippen MR) is 112 cm³/mol. The number of nitrogens with zero attached hydrogens (tertiary/aromatic N) is 1. The third kappa shape index (κ3) is 5.34. The molecule has 152 valence electrons. The predicted octanol–water partition coefficient (Wildman–Crippen LogP) is 2.92. The molecule has 3 rings (SSSR count). The Morgan fingerprint density at radius 3 is 2.41 bits per heavy atom. The zero-order valence-electron chi connectivity index (χ0n) is 16.6. The Bertz CT molecular complexity index is 865. The number of anilines is 1. The molecule has 0 spiro atoms. The van der Waals surface area contributed by atoms with Gasteiger partial charge in [0.05, 0.1) is 12.5 Å². The van der Waals surface area contributed by atoms with Crippen LogP contribution in [0, 0.1) is 0 Å². The third-order valence-corrected chi connectivity index (χ3v) is 4.69. The van der Waals surface area contributed by atoms with Crippen molar-refractivity contribution in [3.63, 3.8) is 0 Å². The minimum atomic E-state index is -0.338. The number of carbonyl (C=O) groups excluding carboxylic acids is 3. The van der Waals surface area contributed by atoms with Crippen LogP contribution in [0.1, 0.15) is 42.2 Å². The summed E-state index contributed by atoms with van der Waals surface area (Å²) in [6, 6.07) is 15.7. The van der Waals surface area contributed by atoms with Gasteiger partial charge in [0.2, 0.25) is 5.91 Å². The van der Waals surface area contributed by atoms with E-state index in [0.717, 1.165) is 5.56 Å². The highest BCUT2D eigenvalue weighted by Gasteiger charge is 2.29. The summed E-state index contributed by atoms with van der Waals surface area (Å²) in [5, 5.41) is 8.53. The minimum Gasteiger partial charge on any atom is -0.354 e. The van der Waals surface area contributed by atoms with Crippen LogP contribution in [-0.4, -0.2) is 41.9 Å². The van der Waals surface area contributed by atoms with Crippen LogP contribution in [0.5, 0.6) is 0 Å². The van der Waals surface area contributed by atoms with Gasteiger partial charge in [0, 0.05) is 30.4 Å². The summed E-state index contributed by atoms with van der Waals surface area (Å²) in [5.74, 6) is -0.228. The number of hydrogen-bond acceptors (Lipinski definition) is 3. The molecule has 4 amide bonds. The Morgan fingerprint density at radius 1 is 1.07 bits per heavy atom. The van der Waals surface area contributed by atoms with E-state index >= 15 is 0 Å². The second-order valence-corrected chi connectivity index (χ2v) is 7.31. The van der Waals surface area contributed by atoms with Crippen LogP contribution < -0.4 is 16.0 Å². The lowest BCUT2D eigenvalue weighted by atomic mass is 10.0. The summed E-state index contributed by atoms with van der Waals surface area (Å²) in [6.07, 6.45) is 0.214. The van der Waals surface area contributed by atoms with Crippen molar-refractivity contribution < 1.29 is 14.4 Å². The maximum atomic E-state index is 13.0. The molecule has 2 aromatic rings. The largest absolute Gasteiger partial charge is 0.354 e.